The largest absolute Gasteiger partial charge is 0.351 e. The Morgan fingerprint density at radius 3 is 2.54 bits per heavy atom. The summed E-state index contributed by atoms with van der Waals surface area (Å²) in [5.74, 6) is -1.57. The van der Waals surface area contributed by atoms with Crippen LogP contribution in [0.1, 0.15) is 48.3 Å². The monoisotopic (exact) mass is 512 g/mol. The van der Waals surface area contributed by atoms with Crippen LogP contribution >= 0.6 is 23.2 Å². The van der Waals surface area contributed by atoms with E-state index in [-0.39, 0.29) is 43.4 Å². The van der Waals surface area contributed by atoms with Crippen LogP contribution < -0.4 is 10.6 Å². The van der Waals surface area contributed by atoms with Crippen LogP contribution in [-0.2, 0) is 38.2 Å². The van der Waals surface area contributed by atoms with Gasteiger partial charge in [-0.3, -0.25) is 29.2 Å². The van der Waals surface area contributed by atoms with Crippen molar-refractivity contribution in [2.45, 2.75) is 43.6 Å². The molecule has 0 bridgehead atoms. The molecule has 3 aromatic rings. The van der Waals surface area contributed by atoms with Crippen LogP contribution in [-0.4, -0.2) is 33.3 Å². The number of hydrogen-bond acceptors (Lipinski definition) is 5. The Morgan fingerprint density at radius 2 is 1.89 bits per heavy atom. The van der Waals surface area contributed by atoms with Gasteiger partial charge in [0.1, 0.15) is 5.78 Å². The standard InChI is InChI=1S/C25H22Cl2N4O4/c1-31-20-8-15(3-2-14(20)12-29-31)25(9-16(32)10-25)24(35)28-11-13-6-18(26)22(19(27)7-13)17-4-5-21(33)30-23(17)34/h2-3,6-8,12,17H,4-5,9-11H2,1H3,(H,28,35)(H,30,33,34). The van der Waals surface area contributed by atoms with Crippen LogP contribution in [0.15, 0.2) is 36.5 Å². The number of nitrogens with zero attached hydrogens (tertiary/aromatic N) is 2. The van der Waals surface area contributed by atoms with Crippen molar-refractivity contribution in [1.29, 1.82) is 0 Å². The Hall–Kier alpha value is -3.23. The van der Waals surface area contributed by atoms with Crippen LogP contribution in [0, 0.1) is 0 Å². The smallest absolute Gasteiger partial charge is 0.234 e. The SMILES string of the molecule is Cn1ncc2ccc(C3(C(=O)NCc4cc(Cl)c(C5CCC(=O)NC5=O)c(Cl)c4)CC(=O)C3)cc21. The zero-order valence-corrected chi connectivity index (χ0v) is 20.4. The maximum Gasteiger partial charge on any atom is 0.234 e. The highest BCUT2D eigenvalue weighted by Crippen LogP contribution is 2.43. The van der Waals surface area contributed by atoms with E-state index < -0.39 is 17.2 Å². The number of carbonyl (C=O) groups is 4. The Balaban J connectivity index is 1.36. The third-order valence-corrected chi connectivity index (χ3v) is 7.54. The molecule has 2 fully saturated rings. The lowest BCUT2D eigenvalue weighted by molar-refractivity contribution is -0.141. The third kappa shape index (κ3) is 4.10. The second-order valence-corrected chi connectivity index (χ2v) is 9.99. The minimum atomic E-state index is -0.935. The fourth-order valence-electron chi connectivity index (χ4n) is 4.95. The minimum Gasteiger partial charge on any atom is -0.351 e. The Labute approximate surface area is 210 Å². The van der Waals surface area contributed by atoms with Gasteiger partial charge >= 0.3 is 0 Å². The molecule has 35 heavy (non-hydrogen) atoms. The van der Waals surface area contributed by atoms with Crippen LogP contribution in [0.3, 0.4) is 0 Å². The summed E-state index contributed by atoms with van der Waals surface area (Å²) in [5, 5.41) is 11.0. The Kier molecular flexibility index (Phi) is 5.89. The molecule has 1 aliphatic carbocycles. The number of benzene rings is 2. The molecule has 2 heterocycles. The van der Waals surface area contributed by atoms with Gasteiger partial charge in [-0.15, -0.1) is 0 Å². The number of aryl methyl sites for hydroxylation is 1. The predicted molar refractivity (Wildman–Crippen MR) is 130 cm³/mol. The van der Waals surface area contributed by atoms with E-state index in [0.717, 1.165) is 16.5 Å². The molecule has 1 saturated heterocycles. The molecular formula is C25H22Cl2N4O4. The zero-order chi connectivity index (χ0) is 24.9. The first-order valence-electron chi connectivity index (χ1n) is 11.2. The molecule has 3 amide bonds. The Morgan fingerprint density at radius 1 is 1.17 bits per heavy atom. The summed E-state index contributed by atoms with van der Waals surface area (Å²) in [5.41, 5.74) is 1.85. The number of imide groups is 1. The van der Waals surface area contributed by atoms with Crippen molar-refractivity contribution in [1.82, 2.24) is 20.4 Å². The lowest BCUT2D eigenvalue weighted by atomic mass is 9.63. The first-order valence-corrected chi connectivity index (χ1v) is 12.0. The molecule has 1 atom stereocenters. The van der Waals surface area contributed by atoms with Crippen molar-refractivity contribution >= 4 is 57.6 Å². The normalized spacial score (nSPS) is 19.4. The first-order chi connectivity index (χ1) is 16.7. The van der Waals surface area contributed by atoms with Gasteiger partial charge < -0.3 is 5.32 Å². The number of rotatable bonds is 5. The summed E-state index contributed by atoms with van der Waals surface area (Å²) < 4.78 is 1.74. The lowest BCUT2D eigenvalue weighted by Crippen LogP contribution is -2.53. The highest BCUT2D eigenvalue weighted by Gasteiger charge is 2.51. The van der Waals surface area contributed by atoms with E-state index >= 15 is 0 Å². The maximum atomic E-state index is 13.3. The summed E-state index contributed by atoms with van der Waals surface area (Å²) in [7, 11) is 1.83. The number of hydrogen-bond donors (Lipinski definition) is 2. The fraction of sp³-hybridized carbons (Fsp3) is 0.320. The van der Waals surface area contributed by atoms with Crippen LogP contribution in [0.25, 0.3) is 10.9 Å². The van der Waals surface area contributed by atoms with E-state index in [9.17, 15) is 19.2 Å². The number of piperidine rings is 1. The number of fused-ring (bicyclic) bond motifs is 1. The van der Waals surface area contributed by atoms with E-state index in [0.29, 0.717) is 27.6 Å². The van der Waals surface area contributed by atoms with Gasteiger partial charge in [-0.05, 0) is 35.7 Å². The molecule has 1 saturated carbocycles. The molecule has 180 valence electrons. The molecule has 5 rings (SSSR count). The predicted octanol–water partition coefficient (Wildman–Crippen LogP) is 3.32. The summed E-state index contributed by atoms with van der Waals surface area (Å²) in [6, 6.07) is 9.01. The Bertz CT molecular complexity index is 1380. The second-order valence-electron chi connectivity index (χ2n) is 9.18. The van der Waals surface area contributed by atoms with Gasteiger partial charge in [-0.1, -0.05) is 35.3 Å². The second kappa shape index (κ2) is 8.77. The molecule has 1 aliphatic heterocycles. The number of Topliss-reactive ketones (excluding diaryl/α,β-unsaturated/α-hetero) is 1. The number of ketones is 1. The zero-order valence-electron chi connectivity index (χ0n) is 18.9. The summed E-state index contributed by atoms with van der Waals surface area (Å²) >= 11 is 12.9. The van der Waals surface area contributed by atoms with Crippen molar-refractivity contribution in [3.8, 4) is 0 Å². The van der Waals surface area contributed by atoms with E-state index in [2.05, 4.69) is 15.7 Å². The maximum absolute atomic E-state index is 13.3. The summed E-state index contributed by atoms with van der Waals surface area (Å²) in [6.45, 7) is 0.151. The molecule has 10 heteroatoms. The molecule has 0 spiro atoms. The number of amides is 3. The van der Waals surface area contributed by atoms with Crippen LogP contribution in [0.5, 0.6) is 0 Å². The highest BCUT2D eigenvalue weighted by molar-refractivity contribution is 6.36. The molecule has 2 N–H and O–H groups in total. The number of aromatic nitrogens is 2. The van der Waals surface area contributed by atoms with E-state index in [1.54, 1.807) is 23.0 Å². The van der Waals surface area contributed by atoms with Gasteiger partial charge in [0.15, 0.2) is 0 Å². The molecule has 1 unspecified atom stereocenters. The van der Waals surface area contributed by atoms with Crippen LogP contribution in [0.4, 0.5) is 0 Å². The van der Waals surface area contributed by atoms with E-state index in [4.69, 9.17) is 23.2 Å². The number of halogens is 2. The average Bonchev–Trinajstić information content (AvgIpc) is 3.16. The van der Waals surface area contributed by atoms with Gasteiger partial charge in [-0.25, -0.2) is 0 Å². The molecule has 2 aromatic carbocycles. The van der Waals surface area contributed by atoms with Crippen molar-refractivity contribution < 1.29 is 19.2 Å². The van der Waals surface area contributed by atoms with Gasteiger partial charge in [0.25, 0.3) is 0 Å². The lowest BCUT2D eigenvalue weighted by Gasteiger charge is -2.39. The number of carbonyl (C=O) groups excluding carboxylic acids is 4. The quantitative estimate of drug-likeness (QED) is 0.509. The van der Waals surface area contributed by atoms with Crippen molar-refractivity contribution in [3.63, 3.8) is 0 Å². The van der Waals surface area contributed by atoms with Crippen LogP contribution in [0.2, 0.25) is 10.0 Å². The van der Waals surface area contributed by atoms with E-state index in [1.165, 1.54) is 0 Å². The topological polar surface area (TPSA) is 110 Å². The highest BCUT2D eigenvalue weighted by atomic mass is 35.5. The van der Waals surface area contributed by atoms with Gasteiger partial charge in [-0.2, -0.15) is 5.10 Å². The summed E-state index contributed by atoms with van der Waals surface area (Å²) in [4.78, 5) is 49.1. The first kappa shape index (κ1) is 23.5. The molecule has 8 nitrogen and oxygen atoms in total. The third-order valence-electron chi connectivity index (χ3n) is 6.91. The van der Waals surface area contributed by atoms with Crippen molar-refractivity contribution in [2.24, 2.45) is 7.05 Å². The molecular weight excluding hydrogens is 491 g/mol. The molecule has 1 aromatic heterocycles. The number of nitrogens with one attached hydrogen (secondary N) is 2. The van der Waals surface area contributed by atoms with Gasteiger partial charge in [0, 0.05) is 53.8 Å². The molecule has 0 radical (unpaired) electrons. The fourth-order valence-corrected chi connectivity index (χ4v) is 5.75. The summed E-state index contributed by atoms with van der Waals surface area (Å²) in [6.07, 6.45) is 2.57. The van der Waals surface area contributed by atoms with Gasteiger partial charge in [0.2, 0.25) is 17.7 Å². The molecule has 2 aliphatic rings. The van der Waals surface area contributed by atoms with Crippen molar-refractivity contribution in [3.05, 3.63) is 63.3 Å². The minimum absolute atomic E-state index is 0.0323. The van der Waals surface area contributed by atoms with Gasteiger partial charge in [0.05, 0.1) is 23.0 Å². The van der Waals surface area contributed by atoms with Crippen molar-refractivity contribution in [2.75, 3.05) is 0 Å². The van der Waals surface area contributed by atoms with E-state index in [1.807, 2.05) is 25.2 Å². The average molecular weight is 513 g/mol.